The number of benzene rings is 1. The number of nitriles is 1. The van der Waals surface area contributed by atoms with E-state index in [1.807, 2.05) is 6.07 Å². The number of ether oxygens (including phenoxy) is 1. The van der Waals surface area contributed by atoms with Gasteiger partial charge in [0.15, 0.2) is 0 Å². The molecule has 2 rings (SSSR count). The van der Waals surface area contributed by atoms with E-state index in [4.69, 9.17) is 10.00 Å². The number of halogens is 1. The summed E-state index contributed by atoms with van der Waals surface area (Å²) in [6, 6.07) is 7.86. The fourth-order valence-corrected chi connectivity index (χ4v) is 1.55. The third kappa shape index (κ3) is 2.23. The van der Waals surface area contributed by atoms with E-state index in [1.165, 1.54) is 25.4 Å². The van der Waals surface area contributed by atoms with Gasteiger partial charge in [-0.2, -0.15) is 5.26 Å². The summed E-state index contributed by atoms with van der Waals surface area (Å²) >= 11 is 0. The van der Waals surface area contributed by atoms with E-state index in [0.717, 1.165) is 0 Å². The normalized spacial score (nSPS) is 9.71. The summed E-state index contributed by atoms with van der Waals surface area (Å²) in [5.74, 6) is 0.187. The second kappa shape index (κ2) is 4.62. The van der Waals surface area contributed by atoms with Gasteiger partial charge in [0.25, 0.3) is 0 Å². The molecule has 1 aromatic carbocycles. The van der Waals surface area contributed by atoms with Crippen molar-refractivity contribution < 1.29 is 9.13 Å². The van der Waals surface area contributed by atoms with E-state index >= 15 is 0 Å². The Morgan fingerprint density at radius 2 is 2.12 bits per heavy atom. The summed E-state index contributed by atoms with van der Waals surface area (Å²) in [7, 11) is 1.51. The lowest BCUT2D eigenvalue weighted by Gasteiger charge is -2.08. The van der Waals surface area contributed by atoms with E-state index in [2.05, 4.69) is 4.98 Å². The number of methoxy groups -OCH3 is 1. The van der Waals surface area contributed by atoms with Crippen LogP contribution in [0, 0.1) is 17.1 Å². The molecule has 0 unspecified atom stereocenters. The van der Waals surface area contributed by atoms with Crippen LogP contribution in [0.4, 0.5) is 4.39 Å². The Balaban J connectivity index is 2.59. The van der Waals surface area contributed by atoms with Crippen LogP contribution in [0.15, 0.2) is 36.7 Å². The van der Waals surface area contributed by atoms with E-state index in [1.54, 1.807) is 18.3 Å². The number of hydrogen-bond donors (Lipinski definition) is 0. The summed E-state index contributed by atoms with van der Waals surface area (Å²) in [6.07, 6.45) is 3.02. The largest absolute Gasteiger partial charge is 0.496 e. The SMILES string of the molecule is COc1ccc(F)cc1-c1cncc(C#N)c1. The van der Waals surface area contributed by atoms with Crippen molar-refractivity contribution in [3.63, 3.8) is 0 Å². The Hall–Kier alpha value is -2.41. The molecule has 3 nitrogen and oxygen atoms in total. The molecule has 1 heterocycles. The number of aromatic nitrogens is 1. The van der Waals surface area contributed by atoms with Crippen molar-refractivity contribution >= 4 is 0 Å². The number of rotatable bonds is 2. The van der Waals surface area contributed by atoms with Crippen molar-refractivity contribution in [1.82, 2.24) is 4.98 Å². The number of pyridine rings is 1. The molecule has 0 aliphatic rings. The first-order chi connectivity index (χ1) is 8.24. The van der Waals surface area contributed by atoms with Gasteiger partial charge in [-0.1, -0.05) is 0 Å². The molecule has 0 amide bonds. The lowest BCUT2D eigenvalue weighted by molar-refractivity contribution is 0.415. The Morgan fingerprint density at radius 1 is 1.29 bits per heavy atom. The molecule has 2 aromatic rings. The lowest BCUT2D eigenvalue weighted by atomic mass is 10.1. The van der Waals surface area contributed by atoms with Gasteiger partial charge in [-0.3, -0.25) is 4.98 Å². The Morgan fingerprint density at radius 3 is 2.82 bits per heavy atom. The Kier molecular flexibility index (Phi) is 3.01. The molecule has 0 bridgehead atoms. The molecule has 84 valence electrons. The maximum atomic E-state index is 13.2. The van der Waals surface area contributed by atoms with Crippen LogP contribution in [0.3, 0.4) is 0 Å². The van der Waals surface area contributed by atoms with Crippen molar-refractivity contribution in [2.45, 2.75) is 0 Å². The molecular weight excluding hydrogens is 219 g/mol. The molecule has 0 aliphatic carbocycles. The number of nitrogens with zero attached hydrogens (tertiary/aromatic N) is 2. The number of hydrogen-bond acceptors (Lipinski definition) is 3. The fourth-order valence-electron chi connectivity index (χ4n) is 1.55. The fraction of sp³-hybridized carbons (Fsp3) is 0.0769. The molecule has 0 aliphatic heterocycles. The first-order valence-corrected chi connectivity index (χ1v) is 4.93. The van der Waals surface area contributed by atoms with Gasteiger partial charge in [-0.15, -0.1) is 0 Å². The van der Waals surface area contributed by atoms with Crippen molar-refractivity contribution in [3.8, 4) is 22.9 Å². The summed E-state index contributed by atoms with van der Waals surface area (Å²) in [5, 5.41) is 8.79. The Labute approximate surface area is 98.1 Å². The smallest absolute Gasteiger partial charge is 0.126 e. The van der Waals surface area contributed by atoms with Crippen LogP contribution in [0.1, 0.15) is 5.56 Å². The lowest BCUT2D eigenvalue weighted by Crippen LogP contribution is -1.90. The highest BCUT2D eigenvalue weighted by molar-refractivity contribution is 5.70. The molecule has 17 heavy (non-hydrogen) atoms. The monoisotopic (exact) mass is 228 g/mol. The van der Waals surface area contributed by atoms with E-state index < -0.39 is 0 Å². The first kappa shape index (κ1) is 11.1. The third-order valence-electron chi connectivity index (χ3n) is 2.34. The second-order valence-corrected chi connectivity index (χ2v) is 3.42. The quantitative estimate of drug-likeness (QED) is 0.793. The van der Waals surface area contributed by atoms with Crippen LogP contribution in [0.2, 0.25) is 0 Å². The van der Waals surface area contributed by atoms with Crippen molar-refractivity contribution in [2.24, 2.45) is 0 Å². The molecule has 0 spiro atoms. The predicted molar refractivity (Wildman–Crippen MR) is 60.9 cm³/mol. The van der Waals surface area contributed by atoms with Crippen LogP contribution < -0.4 is 4.74 Å². The minimum Gasteiger partial charge on any atom is -0.496 e. The molecule has 4 heteroatoms. The van der Waals surface area contributed by atoms with Crippen molar-refractivity contribution in [2.75, 3.05) is 7.11 Å². The minimum atomic E-state index is -0.358. The predicted octanol–water partition coefficient (Wildman–Crippen LogP) is 2.77. The van der Waals surface area contributed by atoms with Gasteiger partial charge in [0, 0.05) is 23.5 Å². The van der Waals surface area contributed by atoms with Gasteiger partial charge >= 0.3 is 0 Å². The van der Waals surface area contributed by atoms with Crippen LogP contribution in [-0.2, 0) is 0 Å². The highest BCUT2D eigenvalue weighted by Crippen LogP contribution is 2.30. The molecule has 0 saturated heterocycles. The van der Waals surface area contributed by atoms with Gasteiger partial charge in [-0.05, 0) is 24.3 Å². The maximum Gasteiger partial charge on any atom is 0.126 e. The summed E-state index contributed by atoms with van der Waals surface area (Å²) in [4.78, 5) is 3.94. The molecule has 0 N–H and O–H groups in total. The van der Waals surface area contributed by atoms with Gasteiger partial charge in [-0.25, -0.2) is 4.39 Å². The second-order valence-electron chi connectivity index (χ2n) is 3.42. The van der Waals surface area contributed by atoms with Crippen molar-refractivity contribution in [1.29, 1.82) is 5.26 Å². The zero-order chi connectivity index (χ0) is 12.3. The highest BCUT2D eigenvalue weighted by Gasteiger charge is 2.08. The first-order valence-electron chi connectivity index (χ1n) is 4.93. The molecule has 0 radical (unpaired) electrons. The van der Waals surface area contributed by atoms with Crippen LogP contribution in [-0.4, -0.2) is 12.1 Å². The van der Waals surface area contributed by atoms with Gasteiger partial charge in [0.05, 0.1) is 12.7 Å². The third-order valence-corrected chi connectivity index (χ3v) is 2.34. The summed E-state index contributed by atoms with van der Waals surface area (Å²) in [5.41, 5.74) is 1.66. The minimum absolute atomic E-state index is 0.358. The average Bonchev–Trinajstić information content (AvgIpc) is 2.39. The van der Waals surface area contributed by atoms with Crippen LogP contribution in [0.5, 0.6) is 5.75 Å². The van der Waals surface area contributed by atoms with E-state index in [-0.39, 0.29) is 5.82 Å². The average molecular weight is 228 g/mol. The molecule has 0 saturated carbocycles. The maximum absolute atomic E-state index is 13.2. The highest BCUT2D eigenvalue weighted by atomic mass is 19.1. The van der Waals surface area contributed by atoms with Gasteiger partial charge < -0.3 is 4.74 Å². The molecule has 0 fully saturated rings. The summed E-state index contributed by atoms with van der Waals surface area (Å²) in [6.45, 7) is 0. The van der Waals surface area contributed by atoms with Crippen LogP contribution >= 0.6 is 0 Å². The summed E-state index contributed by atoms with van der Waals surface area (Å²) < 4.78 is 18.4. The van der Waals surface area contributed by atoms with Crippen molar-refractivity contribution in [3.05, 3.63) is 48.0 Å². The molecular formula is C13H9FN2O. The van der Waals surface area contributed by atoms with Gasteiger partial charge in [0.1, 0.15) is 17.6 Å². The standard InChI is InChI=1S/C13H9FN2O/c1-17-13-3-2-11(14)5-12(13)10-4-9(6-15)7-16-8-10/h2-5,7-8H,1H3. The van der Waals surface area contributed by atoms with Crippen LogP contribution in [0.25, 0.3) is 11.1 Å². The Bertz CT molecular complexity index is 590. The molecule has 1 aromatic heterocycles. The van der Waals surface area contributed by atoms with E-state index in [0.29, 0.717) is 22.4 Å². The van der Waals surface area contributed by atoms with Gasteiger partial charge in [0.2, 0.25) is 0 Å². The van der Waals surface area contributed by atoms with E-state index in [9.17, 15) is 4.39 Å². The topological polar surface area (TPSA) is 45.9 Å². The zero-order valence-electron chi connectivity index (χ0n) is 9.14. The molecule has 0 atom stereocenters. The zero-order valence-corrected chi connectivity index (χ0v) is 9.14.